The Labute approximate surface area is 97.1 Å². The first kappa shape index (κ1) is 11.0. The number of carbonyl (C=O) groups is 2. The Hall–Kier alpha value is -1.55. The summed E-state index contributed by atoms with van der Waals surface area (Å²) >= 11 is 5.92. The first-order chi connectivity index (χ1) is 7.63. The lowest BCUT2D eigenvalue weighted by Gasteiger charge is -2.07. The van der Waals surface area contributed by atoms with Gasteiger partial charge in [-0.2, -0.15) is 0 Å². The second kappa shape index (κ2) is 4.14. The van der Waals surface area contributed by atoms with Gasteiger partial charge >= 0.3 is 0 Å². The summed E-state index contributed by atoms with van der Waals surface area (Å²) in [6.45, 7) is 1.52. The number of aldehydes is 1. The van der Waals surface area contributed by atoms with Gasteiger partial charge in [-0.05, 0) is 13.0 Å². The molecule has 0 aromatic heterocycles. The van der Waals surface area contributed by atoms with Crippen LogP contribution in [0.2, 0.25) is 5.02 Å². The highest BCUT2D eigenvalue weighted by molar-refractivity contribution is 6.33. The lowest BCUT2D eigenvalue weighted by atomic mass is 10.0. The highest BCUT2D eigenvalue weighted by Gasteiger charge is 2.24. The molecule has 4 nitrogen and oxygen atoms in total. The van der Waals surface area contributed by atoms with E-state index in [1.807, 2.05) is 0 Å². The van der Waals surface area contributed by atoms with Gasteiger partial charge in [-0.25, -0.2) is 0 Å². The van der Waals surface area contributed by atoms with Gasteiger partial charge in [0.1, 0.15) is 5.78 Å². The monoisotopic (exact) mass is 240 g/mol. The minimum Gasteiger partial charge on any atom is -0.453 e. The van der Waals surface area contributed by atoms with Gasteiger partial charge in [-0.1, -0.05) is 11.6 Å². The molecule has 0 spiro atoms. The van der Waals surface area contributed by atoms with Crippen molar-refractivity contribution in [1.29, 1.82) is 0 Å². The maximum absolute atomic E-state index is 11.1. The molecule has 0 radical (unpaired) electrons. The van der Waals surface area contributed by atoms with E-state index in [9.17, 15) is 9.59 Å². The molecule has 1 heterocycles. The molecule has 0 saturated carbocycles. The predicted molar refractivity (Wildman–Crippen MR) is 57.3 cm³/mol. The van der Waals surface area contributed by atoms with Crippen LogP contribution in [0.5, 0.6) is 11.5 Å². The summed E-state index contributed by atoms with van der Waals surface area (Å²) in [5.41, 5.74) is 0.914. The van der Waals surface area contributed by atoms with Gasteiger partial charge in [0, 0.05) is 12.0 Å². The Bertz CT molecular complexity index is 468. The molecule has 0 atom stereocenters. The van der Waals surface area contributed by atoms with Crippen LogP contribution in [0.3, 0.4) is 0 Å². The number of ether oxygens (including phenoxy) is 2. The summed E-state index contributed by atoms with van der Waals surface area (Å²) in [5, 5.41) is 0.274. The average Bonchev–Trinajstić information content (AvgIpc) is 2.66. The highest BCUT2D eigenvalue weighted by Crippen LogP contribution is 2.42. The molecule has 0 saturated heterocycles. The lowest BCUT2D eigenvalue weighted by molar-refractivity contribution is -0.116. The fraction of sp³-hybridized carbons (Fsp3) is 0.273. The van der Waals surface area contributed by atoms with Crippen LogP contribution in [-0.4, -0.2) is 18.9 Å². The van der Waals surface area contributed by atoms with E-state index in [1.165, 1.54) is 6.92 Å². The summed E-state index contributed by atoms with van der Waals surface area (Å²) in [5.74, 6) is 0.771. The van der Waals surface area contributed by atoms with Gasteiger partial charge < -0.3 is 9.47 Å². The molecule has 1 aliphatic rings. The van der Waals surface area contributed by atoms with Gasteiger partial charge in [0.15, 0.2) is 17.8 Å². The number of rotatable bonds is 3. The fourth-order valence-corrected chi connectivity index (χ4v) is 1.89. The maximum atomic E-state index is 11.1. The predicted octanol–water partition coefficient (Wildman–Crippen LogP) is 2.01. The number of hydrogen-bond donors (Lipinski definition) is 0. The number of benzene rings is 1. The van der Waals surface area contributed by atoms with E-state index in [0.717, 1.165) is 0 Å². The molecule has 1 aromatic carbocycles. The first-order valence-corrected chi connectivity index (χ1v) is 5.07. The van der Waals surface area contributed by atoms with Crippen molar-refractivity contribution in [3.63, 3.8) is 0 Å². The number of Topliss-reactive ketones (excluding diaryl/α,β-unsaturated/α-hetero) is 1. The molecule has 0 N–H and O–H groups in total. The topological polar surface area (TPSA) is 52.6 Å². The van der Waals surface area contributed by atoms with Gasteiger partial charge in [0.25, 0.3) is 0 Å². The molecule has 84 valence electrons. The average molecular weight is 241 g/mol. The standard InChI is InChI=1S/C11H9ClO4/c1-6(14)2-7-3-9(12)8(4-13)11-10(7)15-5-16-11/h3-4H,2,5H2,1H3. The van der Waals surface area contributed by atoms with E-state index in [4.69, 9.17) is 21.1 Å². The molecular formula is C11H9ClO4. The smallest absolute Gasteiger partial charge is 0.231 e. The third kappa shape index (κ3) is 1.76. The number of ketones is 1. The molecule has 2 rings (SSSR count). The van der Waals surface area contributed by atoms with Crippen LogP contribution in [0.4, 0.5) is 0 Å². The maximum Gasteiger partial charge on any atom is 0.231 e. The van der Waals surface area contributed by atoms with Gasteiger partial charge in [0.2, 0.25) is 6.79 Å². The van der Waals surface area contributed by atoms with E-state index < -0.39 is 0 Å². The van der Waals surface area contributed by atoms with Crippen molar-refractivity contribution in [3.05, 3.63) is 22.2 Å². The van der Waals surface area contributed by atoms with Crippen molar-refractivity contribution in [3.8, 4) is 11.5 Å². The van der Waals surface area contributed by atoms with E-state index in [2.05, 4.69) is 0 Å². The lowest BCUT2D eigenvalue weighted by Crippen LogP contribution is -1.99. The Morgan fingerprint density at radius 3 is 2.81 bits per heavy atom. The molecule has 1 aromatic rings. The Balaban J connectivity index is 2.56. The zero-order chi connectivity index (χ0) is 11.7. The Morgan fingerprint density at radius 1 is 1.50 bits per heavy atom. The second-order valence-electron chi connectivity index (χ2n) is 3.49. The second-order valence-corrected chi connectivity index (χ2v) is 3.90. The van der Waals surface area contributed by atoms with Crippen LogP contribution in [0, 0.1) is 0 Å². The van der Waals surface area contributed by atoms with Gasteiger partial charge in [-0.15, -0.1) is 0 Å². The number of hydrogen-bond acceptors (Lipinski definition) is 4. The van der Waals surface area contributed by atoms with E-state index in [-0.39, 0.29) is 29.6 Å². The molecule has 0 aliphatic carbocycles. The Kier molecular flexibility index (Phi) is 2.83. The van der Waals surface area contributed by atoms with Crippen LogP contribution >= 0.6 is 11.6 Å². The largest absolute Gasteiger partial charge is 0.453 e. The van der Waals surface area contributed by atoms with Crippen molar-refractivity contribution in [2.45, 2.75) is 13.3 Å². The van der Waals surface area contributed by atoms with Crippen LogP contribution in [0.1, 0.15) is 22.8 Å². The summed E-state index contributed by atoms with van der Waals surface area (Å²) in [6, 6.07) is 1.57. The van der Waals surface area contributed by atoms with Crippen molar-refractivity contribution in [2.75, 3.05) is 6.79 Å². The van der Waals surface area contributed by atoms with Crippen LogP contribution in [0.15, 0.2) is 6.07 Å². The normalized spacial score (nSPS) is 12.6. The molecule has 16 heavy (non-hydrogen) atoms. The molecule has 0 amide bonds. The molecule has 0 unspecified atom stereocenters. The minimum atomic E-state index is -0.00683. The van der Waals surface area contributed by atoms with Crippen molar-refractivity contribution >= 4 is 23.7 Å². The first-order valence-electron chi connectivity index (χ1n) is 4.69. The molecule has 0 fully saturated rings. The zero-order valence-corrected chi connectivity index (χ0v) is 9.34. The minimum absolute atomic E-state index is 0.00683. The van der Waals surface area contributed by atoms with Gasteiger partial charge in [0.05, 0.1) is 10.6 Å². The van der Waals surface area contributed by atoms with E-state index in [1.54, 1.807) is 6.07 Å². The van der Waals surface area contributed by atoms with Crippen molar-refractivity contribution < 1.29 is 19.1 Å². The quantitative estimate of drug-likeness (QED) is 0.759. The van der Waals surface area contributed by atoms with Crippen LogP contribution in [-0.2, 0) is 11.2 Å². The van der Waals surface area contributed by atoms with Crippen LogP contribution in [0.25, 0.3) is 0 Å². The Morgan fingerprint density at radius 2 is 2.19 bits per heavy atom. The summed E-state index contributed by atoms with van der Waals surface area (Å²) < 4.78 is 10.4. The molecule has 5 heteroatoms. The van der Waals surface area contributed by atoms with Gasteiger partial charge in [-0.3, -0.25) is 9.59 Å². The number of halogens is 1. The summed E-state index contributed by atoms with van der Waals surface area (Å²) in [7, 11) is 0. The third-order valence-electron chi connectivity index (χ3n) is 2.26. The van der Waals surface area contributed by atoms with Crippen LogP contribution < -0.4 is 9.47 Å². The summed E-state index contributed by atoms with van der Waals surface area (Å²) in [4.78, 5) is 21.9. The van der Waals surface area contributed by atoms with E-state index >= 15 is 0 Å². The number of fused-ring (bicyclic) bond motifs is 1. The highest BCUT2D eigenvalue weighted by atomic mass is 35.5. The molecule has 1 aliphatic heterocycles. The van der Waals surface area contributed by atoms with E-state index in [0.29, 0.717) is 23.3 Å². The fourth-order valence-electron chi connectivity index (χ4n) is 1.63. The zero-order valence-electron chi connectivity index (χ0n) is 8.58. The number of carbonyl (C=O) groups excluding carboxylic acids is 2. The van der Waals surface area contributed by atoms with Crippen molar-refractivity contribution in [1.82, 2.24) is 0 Å². The molecular weight excluding hydrogens is 232 g/mol. The SMILES string of the molecule is CC(=O)Cc1cc(Cl)c(C=O)c2c1OCO2. The third-order valence-corrected chi connectivity index (χ3v) is 2.58. The van der Waals surface area contributed by atoms with Crippen molar-refractivity contribution in [2.24, 2.45) is 0 Å². The summed E-state index contributed by atoms with van der Waals surface area (Å²) in [6.07, 6.45) is 0.831. The molecule has 0 bridgehead atoms.